The average molecular weight is 517 g/mol. The van der Waals surface area contributed by atoms with Gasteiger partial charge in [-0.15, -0.1) is 11.8 Å². The van der Waals surface area contributed by atoms with E-state index in [1.54, 1.807) is 12.1 Å². The first-order valence-electron chi connectivity index (χ1n) is 10.4. The van der Waals surface area contributed by atoms with E-state index in [0.29, 0.717) is 18.1 Å². The van der Waals surface area contributed by atoms with Crippen LogP contribution in [0.3, 0.4) is 0 Å². The Balaban J connectivity index is 1.51. The minimum Gasteiger partial charge on any atom is -0.489 e. The molecule has 3 aromatic rings. The summed E-state index contributed by atoms with van der Waals surface area (Å²) in [4.78, 5) is 21.1. The van der Waals surface area contributed by atoms with Crippen LogP contribution in [-0.4, -0.2) is 36.9 Å². The monoisotopic (exact) mass is 516 g/mol. The molecule has 3 aromatic carbocycles. The maximum atomic E-state index is 12.6. The van der Waals surface area contributed by atoms with Crippen LogP contribution in [0.5, 0.6) is 11.5 Å². The minimum absolute atomic E-state index is 0.0675. The Bertz CT molecular complexity index is 1360. The Hall–Kier alpha value is -3.61. The van der Waals surface area contributed by atoms with Crippen LogP contribution in [-0.2, 0) is 16.6 Å². The number of nitrogens with one attached hydrogen (secondary N) is 1. The molecule has 0 aliphatic carbocycles. The number of nitrogens with zero attached hydrogens (tertiary/aromatic N) is 1. The molecule has 1 aliphatic heterocycles. The summed E-state index contributed by atoms with van der Waals surface area (Å²) in [7, 11) is -3.85. The number of rotatable bonds is 8. The van der Waals surface area contributed by atoms with Crippen LogP contribution in [0, 0.1) is 10.1 Å². The third-order valence-electron chi connectivity index (χ3n) is 5.23. The number of benzene rings is 3. The quantitative estimate of drug-likeness (QED) is 0.147. The summed E-state index contributed by atoms with van der Waals surface area (Å²) >= 11 is 1.47. The summed E-state index contributed by atoms with van der Waals surface area (Å²) in [6.45, 7) is 0.441. The van der Waals surface area contributed by atoms with Crippen LogP contribution < -0.4 is 14.2 Å². The van der Waals surface area contributed by atoms with Crippen LogP contribution in [0.2, 0.25) is 0 Å². The van der Waals surface area contributed by atoms with Gasteiger partial charge in [-0.2, -0.15) is 0 Å². The number of thioether (sulfide) groups is 1. The largest absolute Gasteiger partial charge is 0.511 e. The topological polar surface area (TPSA) is 145 Å². The van der Waals surface area contributed by atoms with E-state index in [1.165, 1.54) is 30.0 Å². The molecule has 35 heavy (non-hydrogen) atoms. The first-order chi connectivity index (χ1) is 16.7. The highest BCUT2D eigenvalue weighted by Crippen LogP contribution is 2.45. The van der Waals surface area contributed by atoms with Crippen molar-refractivity contribution in [2.75, 3.05) is 12.3 Å². The van der Waals surface area contributed by atoms with Crippen molar-refractivity contribution in [1.29, 1.82) is 0 Å². The summed E-state index contributed by atoms with van der Waals surface area (Å²) in [5.74, 6) is 1.13. The smallest absolute Gasteiger partial charge is 0.489 e. The highest BCUT2D eigenvalue weighted by Gasteiger charge is 2.26. The molecular formula is C23H20N2O8S2. The van der Waals surface area contributed by atoms with Gasteiger partial charge in [0.25, 0.3) is 5.69 Å². The van der Waals surface area contributed by atoms with Gasteiger partial charge in [-0.3, -0.25) is 10.1 Å². The maximum absolute atomic E-state index is 12.6. The third-order valence-corrected chi connectivity index (χ3v) is 7.98. The zero-order valence-corrected chi connectivity index (χ0v) is 19.8. The van der Waals surface area contributed by atoms with E-state index in [0.717, 1.165) is 28.8 Å². The molecular weight excluding hydrogens is 496 g/mol. The van der Waals surface area contributed by atoms with Crippen LogP contribution in [0.4, 0.5) is 10.5 Å². The number of carbonyl (C=O) groups is 1. The first-order valence-corrected chi connectivity index (χ1v) is 12.9. The van der Waals surface area contributed by atoms with Gasteiger partial charge in [0.2, 0.25) is 10.0 Å². The number of hydrogen-bond donors (Lipinski definition) is 2. The molecule has 1 heterocycles. The summed E-state index contributed by atoms with van der Waals surface area (Å²) in [6, 6.07) is 17.1. The first kappa shape index (κ1) is 24.5. The SMILES string of the molecule is O=C(O)Oc1ccc2c(c1)C(SCCNS(=O)(=O)c1ccc([N+](=O)[O-])cc1)c1ccccc1CO2. The molecule has 1 atom stereocenters. The number of fused-ring (bicyclic) bond motifs is 2. The molecule has 2 N–H and O–H groups in total. The highest BCUT2D eigenvalue weighted by molar-refractivity contribution is 7.99. The Kier molecular flexibility index (Phi) is 7.24. The summed E-state index contributed by atoms with van der Waals surface area (Å²) in [5, 5.41) is 19.5. The Labute approximate surface area is 205 Å². The molecule has 12 heteroatoms. The van der Waals surface area contributed by atoms with Crippen LogP contribution in [0.15, 0.2) is 71.6 Å². The van der Waals surface area contributed by atoms with E-state index in [-0.39, 0.29) is 28.1 Å². The van der Waals surface area contributed by atoms with E-state index >= 15 is 0 Å². The lowest BCUT2D eigenvalue weighted by Gasteiger charge is -2.19. The molecule has 182 valence electrons. The van der Waals surface area contributed by atoms with Crippen LogP contribution in [0.1, 0.15) is 21.9 Å². The molecule has 0 amide bonds. The third kappa shape index (κ3) is 5.73. The number of sulfonamides is 1. The predicted octanol–water partition coefficient (Wildman–Crippen LogP) is 4.35. The summed E-state index contributed by atoms with van der Waals surface area (Å²) < 4.78 is 38.4. The maximum Gasteiger partial charge on any atom is 0.511 e. The Morgan fingerprint density at radius 1 is 1.14 bits per heavy atom. The van der Waals surface area contributed by atoms with E-state index in [9.17, 15) is 23.3 Å². The summed E-state index contributed by atoms with van der Waals surface area (Å²) in [6.07, 6.45) is -1.43. The average Bonchev–Trinajstić information content (AvgIpc) is 2.98. The fourth-order valence-electron chi connectivity index (χ4n) is 3.63. The van der Waals surface area contributed by atoms with E-state index in [2.05, 4.69) is 4.72 Å². The Morgan fingerprint density at radius 3 is 2.60 bits per heavy atom. The second-order valence-electron chi connectivity index (χ2n) is 7.45. The van der Waals surface area contributed by atoms with Gasteiger partial charge in [0.15, 0.2) is 0 Å². The number of ether oxygens (including phenoxy) is 2. The van der Waals surface area contributed by atoms with Gasteiger partial charge < -0.3 is 14.6 Å². The van der Waals surface area contributed by atoms with Gasteiger partial charge in [-0.1, -0.05) is 24.3 Å². The molecule has 1 unspecified atom stereocenters. The Morgan fingerprint density at radius 2 is 1.89 bits per heavy atom. The van der Waals surface area contributed by atoms with Gasteiger partial charge in [-0.05, 0) is 41.5 Å². The van der Waals surface area contributed by atoms with Crippen molar-refractivity contribution in [1.82, 2.24) is 4.72 Å². The van der Waals surface area contributed by atoms with Crippen molar-refractivity contribution in [3.8, 4) is 11.5 Å². The molecule has 0 saturated heterocycles. The molecule has 0 radical (unpaired) electrons. The lowest BCUT2D eigenvalue weighted by molar-refractivity contribution is -0.384. The van der Waals surface area contributed by atoms with Crippen molar-refractivity contribution in [3.63, 3.8) is 0 Å². The van der Waals surface area contributed by atoms with Gasteiger partial charge >= 0.3 is 6.16 Å². The van der Waals surface area contributed by atoms with Crippen LogP contribution >= 0.6 is 11.8 Å². The lowest BCUT2D eigenvalue weighted by Crippen LogP contribution is -2.26. The predicted molar refractivity (Wildman–Crippen MR) is 128 cm³/mol. The van der Waals surface area contributed by atoms with Crippen molar-refractivity contribution < 1.29 is 32.7 Å². The molecule has 1 aliphatic rings. The highest BCUT2D eigenvalue weighted by atomic mass is 32.2. The fourth-order valence-corrected chi connectivity index (χ4v) is 6.02. The second kappa shape index (κ2) is 10.3. The van der Waals surface area contributed by atoms with Crippen molar-refractivity contribution in [2.24, 2.45) is 0 Å². The molecule has 0 spiro atoms. The number of carboxylic acid groups (broad SMARTS) is 1. The van der Waals surface area contributed by atoms with E-state index in [4.69, 9.17) is 14.6 Å². The molecule has 0 fully saturated rings. The van der Waals surface area contributed by atoms with E-state index < -0.39 is 21.1 Å². The zero-order valence-electron chi connectivity index (χ0n) is 18.1. The second-order valence-corrected chi connectivity index (χ2v) is 10.4. The molecule has 4 rings (SSSR count). The number of hydrogen-bond acceptors (Lipinski definition) is 8. The van der Waals surface area contributed by atoms with Gasteiger partial charge in [-0.25, -0.2) is 17.9 Å². The zero-order chi connectivity index (χ0) is 25.0. The fraction of sp³-hybridized carbons (Fsp3) is 0.174. The lowest BCUT2D eigenvalue weighted by atomic mass is 10.00. The van der Waals surface area contributed by atoms with E-state index in [1.807, 2.05) is 24.3 Å². The van der Waals surface area contributed by atoms with Gasteiger partial charge in [0, 0.05) is 30.0 Å². The van der Waals surface area contributed by atoms with Crippen molar-refractivity contribution >= 4 is 33.6 Å². The number of nitro groups is 1. The molecule has 0 aromatic heterocycles. The molecule has 0 saturated carbocycles. The van der Waals surface area contributed by atoms with Crippen molar-refractivity contribution in [3.05, 3.63) is 93.5 Å². The van der Waals surface area contributed by atoms with Gasteiger partial charge in [0.05, 0.1) is 15.1 Å². The number of nitro benzene ring substituents is 1. The van der Waals surface area contributed by atoms with Crippen molar-refractivity contribution in [2.45, 2.75) is 16.8 Å². The molecule has 10 nitrogen and oxygen atoms in total. The van der Waals surface area contributed by atoms with Gasteiger partial charge in [0.1, 0.15) is 18.1 Å². The van der Waals surface area contributed by atoms with Crippen LogP contribution in [0.25, 0.3) is 0 Å². The number of non-ortho nitro benzene ring substituents is 1. The minimum atomic E-state index is -3.85. The normalized spacial score (nSPS) is 14.7. The molecule has 0 bridgehead atoms. The standard InChI is InChI=1S/C23H20N2O8S2/c26-23(27)33-17-7-10-21-20(13-17)22(19-4-2-1-3-15(19)14-32-21)34-12-11-24-35(30,31)18-8-5-16(6-9-18)25(28)29/h1-10,13,22,24H,11-12,14H2,(H,26,27). The summed E-state index contributed by atoms with van der Waals surface area (Å²) in [5.41, 5.74) is 2.46.